The van der Waals surface area contributed by atoms with Crippen LogP contribution in [0.1, 0.15) is 48.8 Å². The Kier molecular flexibility index (Phi) is 10.6. The highest BCUT2D eigenvalue weighted by atomic mass is 32.2. The van der Waals surface area contributed by atoms with Crippen molar-refractivity contribution in [3.8, 4) is 34.2 Å². The molecule has 0 unspecified atom stereocenters. The van der Waals surface area contributed by atoms with Gasteiger partial charge in [0.05, 0.1) is 24.7 Å². The van der Waals surface area contributed by atoms with Gasteiger partial charge < -0.3 is 4.74 Å². The van der Waals surface area contributed by atoms with E-state index in [0.717, 1.165) is 35.1 Å². The molecule has 252 valence electrons. The molecule has 0 amide bonds. The SMILES string of the molecule is CCCCc1nc(C)n(-c2ncc(OCCCNS(=O)(=O)C(F)(F)F)cn2)c(=O)c1Cc1ccc(-c2ccccc2)c(-c2nnn[nH]2)c1. The van der Waals surface area contributed by atoms with Crippen LogP contribution in [0.15, 0.2) is 65.7 Å². The number of aromatic amines is 1. The van der Waals surface area contributed by atoms with Crippen LogP contribution in [-0.2, 0) is 22.9 Å². The number of halogens is 3. The van der Waals surface area contributed by atoms with Crippen LogP contribution >= 0.6 is 0 Å². The van der Waals surface area contributed by atoms with E-state index in [2.05, 4.69) is 37.5 Å². The molecule has 0 radical (unpaired) electrons. The monoisotopic (exact) mass is 683 g/mol. The Morgan fingerprint density at radius 2 is 1.77 bits per heavy atom. The third kappa shape index (κ3) is 7.91. The predicted octanol–water partition coefficient (Wildman–Crippen LogP) is 4.32. The van der Waals surface area contributed by atoms with E-state index in [1.807, 2.05) is 48.5 Å². The van der Waals surface area contributed by atoms with Crippen molar-refractivity contribution in [2.75, 3.05) is 13.2 Å². The summed E-state index contributed by atoms with van der Waals surface area (Å²) in [5, 5.41) is 14.4. The summed E-state index contributed by atoms with van der Waals surface area (Å²) in [5.74, 6) is 1.13. The second-order valence-electron chi connectivity index (χ2n) is 10.8. The quantitative estimate of drug-likeness (QED) is 0.161. The maximum atomic E-state index is 14.1. The van der Waals surface area contributed by atoms with Gasteiger partial charge in [0.2, 0.25) is 5.95 Å². The molecule has 17 heteroatoms. The highest BCUT2D eigenvalue weighted by Crippen LogP contribution is 2.31. The molecule has 0 aliphatic heterocycles. The molecule has 48 heavy (non-hydrogen) atoms. The lowest BCUT2D eigenvalue weighted by atomic mass is 9.94. The lowest BCUT2D eigenvalue weighted by molar-refractivity contribution is -0.0447. The molecule has 5 aromatic rings. The van der Waals surface area contributed by atoms with Gasteiger partial charge in [-0.05, 0) is 59.4 Å². The molecular weight excluding hydrogens is 651 g/mol. The van der Waals surface area contributed by atoms with Crippen LogP contribution < -0.4 is 15.0 Å². The van der Waals surface area contributed by atoms with E-state index >= 15 is 0 Å². The number of unbranched alkanes of at least 4 members (excludes halogenated alkanes) is 1. The fourth-order valence-electron chi connectivity index (χ4n) is 4.98. The standard InChI is InChI=1S/C31H32F3N9O4S/c1-3-4-11-27-26(17-21-12-13-24(22-9-6-5-7-10-22)25(16-21)28-39-41-42-40-28)29(44)43(20(2)38-27)30-35-18-23(19-36-30)47-15-8-14-37-48(45,46)31(32,33)34/h5-7,9-10,12-13,16,18-19,37H,3-4,8,11,14-15,17H2,1-2H3,(H,39,40,41,42). The van der Waals surface area contributed by atoms with E-state index in [0.29, 0.717) is 29.3 Å². The van der Waals surface area contributed by atoms with Crippen molar-refractivity contribution in [2.24, 2.45) is 0 Å². The van der Waals surface area contributed by atoms with Crippen LogP contribution in [-0.4, -0.2) is 67.2 Å². The average molecular weight is 684 g/mol. The zero-order chi connectivity index (χ0) is 34.3. The first-order valence-corrected chi connectivity index (χ1v) is 16.5. The molecule has 0 aliphatic rings. The Hall–Kier alpha value is -5.03. The van der Waals surface area contributed by atoms with Crippen LogP contribution in [0, 0.1) is 6.92 Å². The number of hydrogen-bond acceptors (Lipinski definition) is 10. The van der Waals surface area contributed by atoms with Crippen LogP contribution in [0.25, 0.3) is 28.5 Å². The molecule has 0 spiro atoms. The van der Waals surface area contributed by atoms with Crippen molar-refractivity contribution < 1.29 is 26.3 Å². The molecular formula is C31H32F3N9O4S. The summed E-state index contributed by atoms with van der Waals surface area (Å²) in [6.45, 7) is 3.18. The number of hydrogen-bond donors (Lipinski definition) is 2. The number of sulfonamides is 1. The summed E-state index contributed by atoms with van der Waals surface area (Å²) in [6.07, 6.45) is 5.23. The lowest BCUT2D eigenvalue weighted by Crippen LogP contribution is -2.37. The largest absolute Gasteiger partial charge is 0.511 e. The first-order chi connectivity index (χ1) is 23.0. The van der Waals surface area contributed by atoms with Gasteiger partial charge in [0.25, 0.3) is 5.56 Å². The first-order valence-electron chi connectivity index (χ1n) is 15.0. The summed E-state index contributed by atoms with van der Waals surface area (Å²) in [6, 6.07) is 15.7. The molecule has 5 rings (SSSR count). The van der Waals surface area contributed by atoms with Gasteiger partial charge in [-0.1, -0.05) is 55.8 Å². The van der Waals surface area contributed by atoms with E-state index in [9.17, 15) is 26.4 Å². The van der Waals surface area contributed by atoms with Gasteiger partial charge >= 0.3 is 15.5 Å². The second-order valence-corrected chi connectivity index (χ2v) is 12.5. The average Bonchev–Trinajstić information content (AvgIpc) is 3.61. The number of aryl methyl sites for hydroxylation is 2. The highest BCUT2D eigenvalue weighted by Gasteiger charge is 2.45. The molecule has 0 fully saturated rings. The van der Waals surface area contributed by atoms with Gasteiger partial charge in [-0.25, -0.2) is 37.8 Å². The van der Waals surface area contributed by atoms with Gasteiger partial charge in [-0.3, -0.25) is 4.79 Å². The Bertz CT molecular complexity index is 2000. The molecule has 2 aromatic carbocycles. The number of nitrogens with one attached hydrogen (secondary N) is 2. The molecule has 2 N–H and O–H groups in total. The number of tetrazole rings is 1. The van der Waals surface area contributed by atoms with E-state index in [1.54, 1.807) is 6.92 Å². The number of benzene rings is 2. The molecule has 0 bridgehead atoms. The Labute approximate surface area is 273 Å². The summed E-state index contributed by atoms with van der Waals surface area (Å²) in [4.78, 5) is 27.4. The van der Waals surface area contributed by atoms with Crippen molar-refractivity contribution in [2.45, 2.75) is 51.5 Å². The van der Waals surface area contributed by atoms with Crippen LogP contribution in [0.3, 0.4) is 0 Å². The minimum atomic E-state index is -5.42. The van der Waals surface area contributed by atoms with Crippen molar-refractivity contribution in [3.05, 3.63) is 93.9 Å². The molecule has 13 nitrogen and oxygen atoms in total. The van der Waals surface area contributed by atoms with Crippen LogP contribution in [0.2, 0.25) is 0 Å². The second kappa shape index (κ2) is 14.8. The summed E-state index contributed by atoms with van der Waals surface area (Å²) in [7, 11) is -5.42. The molecule has 3 aromatic heterocycles. The van der Waals surface area contributed by atoms with Crippen LogP contribution in [0.4, 0.5) is 13.2 Å². The topological polar surface area (TPSA) is 171 Å². The Morgan fingerprint density at radius 1 is 1.02 bits per heavy atom. The zero-order valence-electron chi connectivity index (χ0n) is 26.0. The molecule has 0 aliphatic carbocycles. The van der Waals surface area contributed by atoms with Gasteiger partial charge in [0.15, 0.2) is 11.6 Å². The zero-order valence-corrected chi connectivity index (χ0v) is 26.8. The van der Waals surface area contributed by atoms with Gasteiger partial charge in [0.1, 0.15) is 5.82 Å². The summed E-state index contributed by atoms with van der Waals surface area (Å²) in [5.41, 5.74) is -1.02. The number of rotatable bonds is 14. The lowest BCUT2D eigenvalue weighted by Gasteiger charge is -2.16. The van der Waals surface area contributed by atoms with Crippen molar-refractivity contribution in [1.82, 2.24) is 44.9 Å². The molecule has 0 atom stereocenters. The molecule has 3 heterocycles. The van der Waals surface area contributed by atoms with E-state index in [4.69, 9.17) is 9.72 Å². The normalized spacial score (nSPS) is 11.9. The number of H-pyrrole nitrogens is 1. The number of nitrogens with zero attached hydrogens (tertiary/aromatic N) is 7. The highest BCUT2D eigenvalue weighted by molar-refractivity contribution is 7.90. The fraction of sp³-hybridized carbons (Fsp3) is 0.323. The maximum absolute atomic E-state index is 14.1. The third-order valence-electron chi connectivity index (χ3n) is 7.35. The van der Waals surface area contributed by atoms with Gasteiger partial charge in [-0.15, -0.1) is 5.10 Å². The Morgan fingerprint density at radius 3 is 2.44 bits per heavy atom. The fourth-order valence-corrected chi connectivity index (χ4v) is 5.55. The first kappa shape index (κ1) is 34.3. The van der Waals surface area contributed by atoms with E-state index < -0.39 is 22.1 Å². The van der Waals surface area contributed by atoms with Crippen molar-refractivity contribution >= 4 is 10.0 Å². The number of ether oxygens (including phenoxy) is 1. The van der Waals surface area contributed by atoms with Crippen molar-refractivity contribution in [1.29, 1.82) is 0 Å². The van der Waals surface area contributed by atoms with Gasteiger partial charge in [-0.2, -0.15) is 13.2 Å². The number of alkyl halides is 3. The number of aromatic nitrogens is 8. The van der Waals surface area contributed by atoms with Crippen molar-refractivity contribution in [3.63, 3.8) is 0 Å². The van der Waals surface area contributed by atoms with E-state index in [-0.39, 0.29) is 36.7 Å². The maximum Gasteiger partial charge on any atom is 0.511 e. The Balaban J connectivity index is 1.40. The molecule has 0 saturated carbocycles. The third-order valence-corrected chi connectivity index (χ3v) is 8.54. The summed E-state index contributed by atoms with van der Waals surface area (Å²) < 4.78 is 67.8. The smallest absolute Gasteiger partial charge is 0.490 e. The van der Waals surface area contributed by atoms with Crippen LogP contribution in [0.5, 0.6) is 5.75 Å². The minimum absolute atomic E-state index is 0.0386. The minimum Gasteiger partial charge on any atom is -0.490 e. The predicted molar refractivity (Wildman–Crippen MR) is 170 cm³/mol. The van der Waals surface area contributed by atoms with Gasteiger partial charge in [0, 0.05) is 24.1 Å². The van der Waals surface area contributed by atoms with E-state index in [1.165, 1.54) is 21.7 Å². The summed E-state index contributed by atoms with van der Waals surface area (Å²) >= 11 is 0. The molecule has 0 saturated heterocycles.